The molecule has 0 aliphatic carbocycles. The minimum absolute atomic E-state index is 0. The molecule has 29 heavy (non-hydrogen) atoms. The maximum absolute atomic E-state index is 12.3. The predicted octanol–water partition coefficient (Wildman–Crippen LogP) is 1.72. The van der Waals surface area contributed by atoms with Gasteiger partial charge in [-0.2, -0.15) is 13.5 Å². The lowest BCUT2D eigenvalue weighted by Crippen LogP contribution is -2.51. The van der Waals surface area contributed by atoms with Crippen molar-refractivity contribution in [3.8, 4) is 23.1 Å². The van der Waals surface area contributed by atoms with Crippen molar-refractivity contribution in [3.63, 3.8) is 0 Å². The standard InChI is InChI=1S/C21H19N5O2.H2S/c1-26-11-3-9-21(28,20(26)27)10-8-14-4-2-5-15(12-14)16-6-7-17-18(25-16)19(22)24-13-23-17;/h2,4-7,12-13,28H,3,9,11H2,1H3,(H2,22,23,24);1H2/t21-;/m0./s1/i13D;. The second-order valence-corrected chi connectivity index (χ2v) is 6.79. The molecular weight excluding hydrogens is 386 g/mol. The molecule has 0 bridgehead atoms. The summed E-state index contributed by atoms with van der Waals surface area (Å²) in [5.41, 5.74) is 7.28. The number of nitrogens with zero attached hydrogens (tertiary/aromatic N) is 4. The van der Waals surface area contributed by atoms with Crippen molar-refractivity contribution in [2.45, 2.75) is 18.4 Å². The van der Waals surface area contributed by atoms with E-state index in [1.807, 2.05) is 24.3 Å². The van der Waals surface area contributed by atoms with E-state index >= 15 is 0 Å². The molecule has 0 spiro atoms. The second kappa shape index (κ2) is 8.07. The van der Waals surface area contributed by atoms with Crippen molar-refractivity contribution in [1.29, 1.82) is 0 Å². The van der Waals surface area contributed by atoms with Gasteiger partial charge in [0.15, 0.2) is 5.82 Å². The number of benzene rings is 1. The quantitative estimate of drug-likeness (QED) is 0.594. The number of carbonyl (C=O) groups is 1. The van der Waals surface area contributed by atoms with Gasteiger partial charge in [-0.1, -0.05) is 24.0 Å². The second-order valence-electron chi connectivity index (χ2n) is 6.79. The van der Waals surface area contributed by atoms with Crippen molar-refractivity contribution >= 4 is 36.3 Å². The van der Waals surface area contributed by atoms with E-state index in [0.29, 0.717) is 41.7 Å². The predicted molar refractivity (Wildman–Crippen MR) is 116 cm³/mol. The SMILES string of the molecule is S.[2H]c1nc(N)c2nc(-c3cccc(C#C[C@@]4(O)CCCN(C)C4=O)c3)ccc2n1. The van der Waals surface area contributed by atoms with Crippen molar-refractivity contribution in [1.82, 2.24) is 19.9 Å². The average Bonchev–Trinajstić information content (AvgIpc) is 2.70. The smallest absolute Gasteiger partial charge is 0.267 e. The minimum atomic E-state index is -1.65. The largest absolute Gasteiger partial charge is 0.382 e. The van der Waals surface area contributed by atoms with Crippen molar-refractivity contribution < 1.29 is 11.3 Å². The molecule has 1 fully saturated rings. The van der Waals surface area contributed by atoms with Crippen LogP contribution >= 0.6 is 13.5 Å². The molecule has 3 N–H and O–H groups in total. The van der Waals surface area contributed by atoms with Crippen molar-refractivity contribution in [3.05, 3.63) is 48.3 Å². The highest BCUT2D eigenvalue weighted by molar-refractivity contribution is 7.59. The fraction of sp³-hybridized carbons (Fsp3) is 0.238. The van der Waals surface area contributed by atoms with E-state index in [-0.39, 0.29) is 31.5 Å². The highest BCUT2D eigenvalue weighted by Gasteiger charge is 2.39. The summed E-state index contributed by atoms with van der Waals surface area (Å²) in [4.78, 5) is 26.1. The van der Waals surface area contributed by atoms with E-state index in [0.717, 1.165) is 5.56 Å². The summed E-state index contributed by atoms with van der Waals surface area (Å²) in [7, 11) is 1.67. The Morgan fingerprint density at radius 2 is 2.14 bits per heavy atom. The van der Waals surface area contributed by atoms with Crippen LogP contribution in [0, 0.1) is 11.8 Å². The highest BCUT2D eigenvalue weighted by Crippen LogP contribution is 2.24. The van der Waals surface area contributed by atoms with E-state index in [1.165, 1.54) is 4.90 Å². The normalized spacial score (nSPS) is 19.2. The Kier molecular flexibility index (Phi) is 5.34. The van der Waals surface area contributed by atoms with Gasteiger partial charge in [-0.25, -0.2) is 15.0 Å². The molecule has 1 aliphatic rings. The fourth-order valence-corrected chi connectivity index (χ4v) is 3.22. The lowest BCUT2D eigenvalue weighted by Gasteiger charge is -2.32. The Hall–Kier alpha value is -3.15. The number of hydrogen-bond acceptors (Lipinski definition) is 6. The maximum Gasteiger partial charge on any atom is 0.267 e. The molecule has 1 aliphatic heterocycles. The Morgan fingerprint density at radius 3 is 2.97 bits per heavy atom. The third kappa shape index (κ3) is 4.01. The number of amides is 1. The van der Waals surface area contributed by atoms with Gasteiger partial charge in [0.2, 0.25) is 5.60 Å². The van der Waals surface area contributed by atoms with Gasteiger partial charge in [0.25, 0.3) is 5.91 Å². The van der Waals surface area contributed by atoms with Gasteiger partial charge >= 0.3 is 0 Å². The third-order valence-electron chi connectivity index (χ3n) is 4.76. The van der Waals surface area contributed by atoms with Crippen LogP contribution in [0.4, 0.5) is 5.82 Å². The van der Waals surface area contributed by atoms with Crippen LogP contribution in [0.5, 0.6) is 0 Å². The number of rotatable bonds is 1. The molecule has 3 heterocycles. The zero-order valence-electron chi connectivity index (χ0n) is 16.8. The van der Waals surface area contributed by atoms with Crippen LogP contribution in [-0.2, 0) is 4.79 Å². The van der Waals surface area contributed by atoms with Crippen LogP contribution in [0.15, 0.2) is 42.7 Å². The molecule has 1 saturated heterocycles. The zero-order chi connectivity index (χ0) is 20.6. The van der Waals surface area contributed by atoms with Gasteiger partial charge in [-0.05, 0) is 37.1 Å². The van der Waals surface area contributed by atoms with E-state index in [1.54, 1.807) is 19.2 Å². The molecule has 7 nitrogen and oxygen atoms in total. The van der Waals surface area contributed by atoms with Crippen molar-refractivity contribution in [2.24, 2.45) is 0 Å². The molecular formula is C21H21N5O2S. The van der Waals surface area contributed by atoms with Gasteiger partial charge in [-0.3, -0.25) is 4.79 Å². The summed E-state index contributed by atoms with van der Waals surface area (Å²) in [6, 6.07) is 10.9. The van der Waals surface area contributed by atoms with Crippen LogP contribution in [0.25, 0.3) is 22.3 Å². The first-order valence-electron chi connectivity index (χ1n) is 9.38. The van der Waals surface area contributed by atoms with E-state index in [2.05, 4.69) is 26.8 Å². The van der Waals surface area contributed by atoms with Crippen LogP contribution in [-0.4, -0.2) is 50.1 Å². The highest BCUT2D eigenvalue weighted by atomic mass is 32.1. The molecule has 8 heteroatoms. The van der Waals surface area contributed by atoms with Crippen LogP contribution in [0.1, 0.15) is 19.8 Å². The molecule has 4 rings (SSSR count). The number of piperidine rings is 1. The number of pyridine rings is 1. The van der Waals surface area contributed by atoms with Crippen LogP contribution in [0.2, 0.25) is 0 Å². The molecule has 1 aromatic carbocycles. The lowest BCUT2D eigenvalue weighted by atomic mass is 9.92. The molecule has 1 atom stereocenters. The van der Waals surface area contributed by atoms with Gasteiger partial charge < -0.3 is 15.7 Å². The summed E-state index contributed by atoms with van der Waals surface area (Å²) < 4.78 is 7.54. The number of carbonyl (C=O) groups excluding carboxylic acids is 1. The minimum Gasteiger partial charge on any atom is -0.382 e. The van der Waals surface area contributed by atoms with Gasteiger partial charge in [-0.15, -0.1) is 0 Å². The number of anilines is 1. The molecule has 2 aromatic heterocycles. The lowest BCUT2D eigenvalue weighted by molar-refractivity contribution is -0.148. The van der Waals surface area contributed by atoms with Gasteiger partial charge in [0.05, 0.1) is 11.2 Å². The van der Waals surface area contributed by atoms with Crippen molar-refractivity contribution in [2.75, 3.05) is 19.3 Å². The monoisotopic (exact) mass is 408 g/mol. The molecule has 0 saturated carbocycles. The molecule has 0 radical (unpaired) electrons. The number of likely N-dealkylation sites (tertiary alicyclic amines) is 1. The number of hydrogen-bond donors (Lipinski definition) is 2. The Balaban J connectivity index is 0.00000256. The first kappa shape index (κ1) is 19.2. The van der Waals surface area contributed by atoms with E-state index < -0.39 is 5.60 Å². The number of nitrogen functional groups attached to an aromatic ring is 1. The van der Waals surface area contributed by atoms with E-state index in [9.17, 15) is 9.90 Å². The summed E-state index contributed by atoms with van der Waals surface area (Å²) in [6.07, 6.45) is 0.882. The summed E-state index contributed by atoms with van der Waals surface area (Å²) in [5, 5.41) is 10.6. The Bertz CT molecular complexity index is 1190. The summed E-state index contributed by atoms with van der Waals surface area (Å²) >= 11 is 0. The number of nitrogens with two attached hydrogens (primary N) is 1. The molecule has 148 valence electrons. The van der Waals surface area contributed by atoms with E-state index in [4.69, 9.17) is 7.10 Å². The maximum atomic E-state index is 12.3. The Morgan fingerprint density at radius 1 is 1.31 bits per heavy atom. The zero-order valence-corrected chi connectivity index (χ0v) is 16.8. The van der Waals surface area contributed by atoms with Crippen LogP contribution in [0.3, 0.4) is 0 Å². The molecule has 0 unspecified atom stereocenters. The van der Waals surface area contributed by atoms with Gasteiger partial charge in [0, 0.05) is 24.7 Å². The number of aliphatic hydroxyl groups is 1. The first-order chi connectivity index (χ1) is 13.9. The first-order valence-corrected chi connectivity index (χ1v) is 8.88. The topological polar surface area (TPSA) is 105 Å². The van der Waals surface area contributed by atoms with Gasteiger partial charge in [0.1, 0.15) is 13.2 Å². The molecule has 3 aromatic rings. The third-order valence-corrected chi connectivity index (χ3v) is 4.76. The average molecular weight is 409 g/mol. The number of likely N-dealkylation sites (N-methyl/N-ethyl adjacent to an activating group) is 1. The number of fused-ring (bicyclic) bond motifs is 1. The summed E-state index contributed by atoms with van der Waals surface area (Å²) in [5.74, 6) is 5.46. The summed E-state index contributed by atoms with van der Waals surface area (Å²) in [6.45, 7) is 0.625. The fourth-order valence-electron chi connectivity index (χ4n) is 3.22. The number of aromatic nitrogens is 3. The van der Waals surface area contributed by atoms with Crippen LogP contribution < -0.4 is 5.73 Å². The Labute approximate surface area is 176 Å². The molecule has 1 amide bonds.